The molecule has 0 spiro atoms. The lowest BCUT2D eigenvalue weighted by Gasteiger charge is -2.28. The van der Waals surface area contributed by atoms with Crippen LogP contribution in [0.5, 0.6) is 0 Å². The molecule has 2 unspecified atom stereocenters. The number of nitrogens with two attached hydrogens (primary N) is 1. The maximum Gasteiger partial charge on any atom is 0.191 e. The third kappa shape index (κ3) is 3.23. The van der Waals surface area contributed by atoms with Crippen molar-refractivity contribution in [3.63, 3.8) is 0 Å². The molecule has 1 aliphatic carbocycles. The molecule has 1 heterocycles. The topological polar surface area (TPSA) is 84.1 Å². The molecule has 1 saturated carbocycles. The van der Waals surface area contributed by atoms with E-state index in [-0.39, 0.29) is 12.1 Å². The van der Waals surface area contributed by atoms with E-state index in [9.17, 15) is 5.11 Å². The standard InChI is InChI=1S/C11H18N4OS/c1-17-11-14-9(12)6-10(15-11)13-7-4-2-3-5-8(7)16/h6-8,16H,2-5H2,1H3,(H3,12,13,14,15). The van der Waals surface area contributed by atoms with E-state index in [2.05, 4.69) is 15.3 Å². The summed E-state index contributed by atoms with van der Waals surface area (Å²) in [6.07, 6.45) is 5.69. The van der Waals surface area contributed by atoms with Crippen molar-refractivity contribution in [1.29, 1.82) is 0 Å². The number of thioether (sulfide) groups is 1. The van der Waals surface area contributed by atoms with E-state index >= 15 is 0 Å². The number of rotatable bonds is 3. The summed E-state index contributed by atoms with van der Waals surface area (Å²) in [4.78, 5) is 8.42. The second kappa shape index (κ2) is 5.55. The van der Waals surface area contributed by atoms with Gasteiger partial charge in [0.15, 0.2) is 5.16 Å². The number of aromatic nitrogens is 2. The van der Waals surface area contributed by atoms with E-state index < -0.39 is 0 Å². The normalized spacial score (nSPS) is 24.6. The summed E-state index contributed by atoms with van der Waals surface area (Å²) in [5, 5.41) is 13.8. The fraction of sp³-hybridized carbons (Fsp3) is 0.636. The zero-order valence-electron chi connectivity index (χ0n) is 9.89. The highest BCUT2D eigenvalue weighted by atomic mass is 32.2. The Morgan fingerprint density at radius 2 is 2.18 bits per heavy atom. The van der Waals surface area contributed by atoms with Gasteiger partial charge in [-0.1, -0.05) is 24.6 Å². The largest absolute Gasteiger partial charge is 0.391 e. The first-order valence-electron chi connectivity index (χ1n) is 5.82. The third-order valence-corrected chi connectivity index (χ3v) is 3.52. The van der Waals surface area contributed by atoms with Crippen LogP contribution < -0.4 is 11.1 Å². The number of nitrogen functional groups attached to an aromatic ring is 1. The summed E-state index contributed by atoms with van der Waals surface area (Å²) in [5.74, 6) is 1.16. The summed E-state index contributed by atoms with van der Waals surface area (Å²) < 4.78 is 0. The first-order chi connectivity index (χ1) is 8.19. The molecule has 0 radical (unpaired) electrons. The van der Waals surface area contributed by atoms with Crippen LogP contribution >= 0.6 is 11.8 Å². The number of anilines is 2. The molecule has 2 atom stereocenters. The molecule has 1 aromatic rings. The van der Waals surface area contributed by atoms with Gasteiger partial charge in [0.2, 0.25) is 0 Å². The highest BCUT2D eigenvalue weighted by Gasteiger charge is 2.23. The van der Waals surface area contributed by atoms with Crippen molar-refractivity contribution in [1.82, 2.24) is 9.97 Å². The molecule has 0 amide bonds. The van der Waals surface area contributed by atoms with Crippen LogP contribution in [0.4, 0.5) is 11.6 Å². The van der Waals surface area contributed by atoms with Crippen LogP contribution in [0, 0.1) is 0 Å². The van der Waals surface area contributed by atoms with Crippen LogP contribution in [0.3, 0.4) is 0 Å². The first-order valence-corrected chi connectivity index (χ1v) is 7.04. The van der Waals surface area contributed by atoms with Crippen molar-refractivity contribution in [2.45, 2.75) is 43.0 Å². The summed E-state index contributed by atoms with van der Waals surface area (Å²) in [7, 11) is 0. The van der Waals surface area contributed by atoms with Gasteiger partial charge in [0, 0.05) is 6.07 Å². The summed E-state index contributed by atoms with van der Waals surface area (Å²) in [6.45, 7) is 0. The maximum atomic E-state index is 9.88. The van der Waals surface area contributed by atoms with Crippen LogP contribution in [0.1, 0.15) is 25.7 Å². The predicted molar refractivity (Wildman–Crippen MR) is 70.1 cm³/mol. The summed E-state index contributed by atoms with van der Waals surface area (Å²) in [6, 6.07) is 1.79. The van der Waals surface area contributed by atoms with Gasteiger partial charge in [-0.3, -0.25) is 0 Å². The average Bonchev–Trinajstić information content (AvgIpc) is 2.31. The number of aliphatic hydroxyl groups is 1. The van der Waals surface area contributed by atoms with Crippen LogP contribution in [0.15, 0.2) is 11.2 Å². The van der Waals surface area contributed by atoms with Crippen LogP contribution in [-0.2, 0) is 0 Å². The number of aliphatic hydroxyl groups excluding tert-OH is 1. The number of hydrogen-bond donors (Lipinski definition) is 3. The lowest BCUT2D eigenvalue weighted by Crippen LogP contribution is -2.36. The Kier molecular flexibility index (Phi) is 4.06. The molecule has 1 fully saturated rings. The molecule has 6 heteroatoms. The summed E-state index contributed by atoms with van der Waals surface area (Å²) in [5.41, 5.74) is 5.71. The van der Waals surface area contributed by atoms with Crippen molar-refractivity contribution in [3.05, 3.63) is 6.07 Å². The Hall–Kier alpha value is -1.01. The van der Waals surface area contributed by atoms with Crippen molar-refractivity contribution in [2.75, 3.05) is 17.3 Å². The number of nitrogens with zero attached hydrogens (tertiary/aromatic N) is 2. The van der Waals surface area contributed by atoms with Crippen molar-refractivity contribution >= 4 is 23.4 Å². The molecule has 4 N–H and O–H groups in total. The molecule has 2 rings (SSSR count). The molecule has 0 bridgehead atoms. The molecule has 1 aliphatic rings. The van der Waals surface area contributed by atoms with Gasteiger partial charge in [-0.15, -0.1) is 0 Å². The highest BCUT2D eigenvalue weighted by molar-refractivity contribution is 7.98. The molecular weight excluding hydrogens is 236 g/mol. The fourth-order valence-corrected chi connectivity index (χ4v) is 2.46. The third-order valence-electron chi connectivity index (χ3n) is 2.97. The van der Waals surface area contributed by atoms with E-state index in [1.54, 1.807) is 6.07 Å². The zero-order chi connectivity index (χ0) is 12.3. The van der Waals surface area contributed by atoms with Gasteiger partial charge in [0.1, 0.15) is 11.6 Å². The van der Waals surface area contributed by atoms with Crippen LogP contribution in [0.2, 0.25) is 0 Å². The predicted octanol–water partition coefficient (Wildman–Crippen LogP) is 1.50. The Morgan fingerprint density at radius 1 is 1.41 bits per heavy atom. The lowest BCUT2D eigenvalue weighted by atomic mass is 9.93. The van der Waals surface area contributed by atoms with E-state index in [1.165, 1.54) is 11.8 Å². The van der Waals surface area contributed by atoms with Crippen molar-refractivity contribution in [2.24, 2.45) is 0 Å². The van der Waals surface area contributed by atoms with Gasteiger partial charge in [-0.2, -0.15) is 0 Å². The minimum absolute atomic E-state index is 0.0766. The van der Waals surface area contributed by atoms with Gasteiger partial charge in [0.25, 0.3) is 0 Å². The second-order valence-electron chi connectivity index (χ2n) is 4.27. The van der Waals surface area contributed by atoms with E-state index in [1.807, 2.05) is 6.26 Å². The Labute approximate surface area is 105 Å². The minimum Gasteiger partial charge on any atom is -0.391 e. The Morgan fingerprint density at radius 3 is 2.88 bits per heavy atom. The van der Waals surface area contributed by atoms with Crippen molar-refractivity contribution in [3.8, 4) is 0 Å². The molecule has 0 saturated heterocycles. The van der Waals surface area contributed by atoms with Gasteiger partial charge in [-0.25, -0.2) is 9.97 Å². The monoisotopic (exact) mass is 254 g/mol. The van der Waals surface area contributed by atoms with Crippen LogP contribution in [0.25, 0.3) is 0 Å². The highest BCUT2D eigenvalue weighted by Crippen LogP contribution is 2.23. The van der Waals surface area contributed by atoms with E-state index in [0.717, 1.165) is 25.7 Å². The smallest absolute Gasteiger partial charge is 0.191 e. The minimum atomic E-state index is -0.294. The first kappa shape index (κ1) is 12.4. The Balaban J connectivity index is 2.09. The van der Waals surface area contributed by atoms with Crippen LogP contribution in [-0.4, -0.2) is 33.5 Å². The molecule has 17 heavy (non-hydrogen) atoms. The quantitative estimate of drug-likeness (QED) is 0.560. The number of nitrogens with one attached hydrogen (secondary N) is 1. The molecular formula is C11H18N4OS. The van der Waals surface area contributed by atoms with E-state index in [4.69, 9.17) is 5.73 Å². The molecule has 0 aromatic carbocycles. The Bertz CT molecular complexity index is 388. The maximum absolute atomic E-state index is 9.88. The molecule has 1 aromatic heterocycles. The lowest BCUT2D eigenvalue weighted by molar-refractivity contribution is 0.116. The zero-order valence-corrected chi connectivity index (χ0v) is 10.7. The van der Waals surface area contributed by atoms with Crippen molar-refractivity contribution < 1.29 is 5.11 Å². The van der Waals surface area contributed by atoms with Gasteiger partial charge >= 0.3 is 0 Å². The second-order valence-corrected chi connectivity index (χ2v) is 5.04. The molecule has 5 nitrogen and oxygen atoms in total. The van der Waals surface area contributed by atoms with Gasteiger partial charge in [-0.05, 0) is 19.1 Å². The molecule has 94 valence electrons. The number of hydrogen-bond acceptors (Lipinski definition) is 6. The van der Waals surface area contributed by atoms with Gasteiger partial charge < -0.3 is 16.2 Å². The molecule has 0 aliphatic heterocycles. The average molecular weight is 254 g/mol. The van der Waals surface area contributed by atoms with E-state index in [0.29, 0.717) is 16.8 Å². The van der Waals surface area contributed by atoms with Gasteiger partial charge in [0.05, 0.1) is 12.1 Å². The SMILES string of the molecule is CSc1nc(N)cc(NC2CCCCC2O)n1. The summed E-state index contributed by atoms with van der Waals surface area (Å²) >= 11 is 1.46. The fourth-order valence-electron chi connectivity index (χ4n) is 2.08.